The third-order valence-electron chi connectivity index (χ3n) is 5.90. The van der Waals surface area contributed by atoms with Gasteiger partial charge in [-0.3, -0.25) is 4.79 Å². The zero-order chi connectivity index (χ0) is 24.0. The van der Waals surface area contributed by atoms with Crippen molar-refractivity contribution in [1.29, 1.82) is 0 Å². The molecule has 34 heavy (non-hydrogen) atoms. The number of piperidine rings is 1. The van der Waals surface area contributed by atoms with Crippen LogP contribution in [-0.2, 0) is 24.3 Å². The third-order valence-corrected chi connectivity index (χ3v) is 7.82. The number of carbonyl (C=O) groups excluding carboxylic acids is 2. The molecule has 9 nitrogen and oxygen atoms in total. The molecule has 1 N–H and O–H groups in total. The predicted molar refractivity (Wildman–Crippen MR) is 127 cm³/mol. The van der Waals surface area contributed by atoms with Crippen molar-refractivity contribution in [3.63, 3.8) is 0 Å². The highest BCUT2D eigenvalue weighted by Gasteiger charge is 2.26. The molecule has 0 atom stereocenters. The number of carbonyl (C=O) groups is 2. The molecule has 0 aliphatic carbocycles. The molecule has 0 unspecified atom stereocenters. The van der Waals surface area contributed by atoms with Crippen LogP contribution in [0.5, 0.6) is 0 Å². The Balaban J connectivity index is 1.27. The van der Waals surface area contributed by atoms with Crippen LogP contribution in [0.2, 0.25) is 0 Å². The van der Waals surface area contributed by atoms with Crippen molar-refractivity contribution in [2.45, 2.75) is 24.2 Å². The normalized spacial score (nSPS) is 17.2. The van der Waals surface area contributed by atoms with Crippen molar-refractivity contribution in [2.75, 3.05) is 56.2 Å². The number of nitrogens with one attached hydrogen (secondary N) is 1. The number of anilines is 2. The number of amides is 1. The predicted octanol–water partition coefficient (Wildman–Crippen LogP) is 2.49. The number of sulfonamides is 1. The summed E-state index contributed by atoms with van der Waals surface area (Å²) < 4.78 is 37.0. The minimum absolute atomic E-state index is 0.0942. The Labute approximate surface area is 199 Å². The minimum Gasteiger partial charge on any atom is -0.452 e. The lowest BCUT2D eigenvalue weighted by atomic mass is 10.1. The summed E-state index contributed by atoms with van der Waals surface area (Å²) in [6.45, 7) is 2.94. The zero-order valence-electron chi connectivity index (χ0n) is 18.9. The van der Waals surface area contributed by atoms with E-state index in [-0.39, 0.29) is 10.5 Å². The van der Waals surface area contributed by atoms with Gasteiger partial charge in [0.15, 0.2) is 6.61 Å². The van der Waals surface area contributed by atoms with Crippen LogP contribution in [0.3, 0.4) is 0 Å². The molecule has 0 radical (unpaired) electrons. The van der Waals surface area contributed by atoms with Gasteiger partial charge in [-0.1, -0.05) is 0 Å². The number of rotatable bonds is 7. The molecule has 2 heterocycles. The maximum Gasteiger partial charge on any atom is 0.338 e. The molecule has 2 aliphatic rings. The summed E-state index contributed by atoms with van der Waals surface area (Å²) in [6, 6.07) is 13.1. The summed E-state index contributed by atoms with van der Waals surface area (Å²) in [4.78, 5) is 26.9. The van der Waals surface area contributed by atoms with E-state index in [2.05, 4.69) is 10.2 Å². The number of hydrogen-bond donors (Lipinski definition) is 1. The van der Waals surface area contributed by atoms with Crippen molar-refractivity contribution in [2.24, 2.45) is 0 Å². The van der Waals surface area contributed by atoms with Crippen molar-refractivity contribution in [3.05, 3.63) is 54.1 Å². The van der Waals surface area contributed by atoms with Crippen molar-refractivity contribution < 1.29 is 27.5 Å². The Morgan fingerprint density at radius 2 is 1.53 bits per heavy atom. The van der Waals surface area contributed by atoms with E-state index >= 15 is 0 Å². The number of ether oxygens (including phenoxy) is 2. The molecule has 1 amide bonds. The van der Waals surface area contributed by atoms with E-state index in [1.165, 1.54) is 47.8 Å². The van der Waals surface area contributed by atoms with Gasteiger partial charge in [-0.05, 0) is 67.8 Å². The lowest BCUT2D eigenvalue weighted by Gasteiger charge is -2.28. The van der Waals surface area contributed by atoms with Gasteiger partial charge in [0, 0.05) is 37.6 Å². The summed E-state index contributed by atoms with van der Waals surface area (Å²) >= 11 is 0. The van der Waals surface area contributed by atoms with E-state index in [9.17, 15) is 18.0 Å². The van der Waals surface area contributed by atoms with Crippen LogP contribution in [0.4, 0.5) is 11.4 Å². The topological polar surface area (TPSA) is 105 Å². The molecule has 2 aromatic carbocycles. The molecule has 182 valence electrons. The molecule has 4 rings (SSSR count). The van der Waals surface area contributed by atoms with Crippen molar-refractivity contribution in [1.82, 2.24) is 4.31 Å². The van der Waals surface area contributed by atoms with Crippen LogP contribution in [0, 0.1) is 0 Å². The van der Waals surface area contributed by atoms with Crippen LogP contribution in [0.15, 0.2) is 53.4 Å². The van der Waals surface area contributed by atoms with Crippen LogP contribution < -0.4 is 10.2 Å². The first-order valence-electron chi connectivity index (χ1n) is 11.4. The van der Waals surface area contributed by atoms with Crippen molar-refractivity contribution in [3.8, 4) is 0 Å². The Morgan fingerprint density at radius 3 is 2.18 bits per heavy atom. The molecule has 2 saturated heterocycles. The first kappa shape index (κ1) is 24.2. The van der Waals surface area contributed by atoms with Gasteiger partial charge in [0.05, 0.1) is 23.7 Å². The van der Waals surface area contributed by atoms with Crippen LogP contribution in [0.1, 0.15) is 29.6 Å². The highest BCUT2D eigenvalue weighted by molar-refractivity contribution is 7.89. The molecular formula is C24H29N3O6S. The van der Waals surface area contributed by atoms with Gasteiger partial charge in [-0.15, -0.1) is 0 Å². The molecular weight excluding hydrogens is 458 g/mol. The van der Waals surface area contributed by atoms with E-state index in [0.717, 1.165) is 18.8 Å². The molecule has 10 heteroatoms. The largest absolute Gasteiger partial charge is 0.452 e. The van der Waals surface area contributed by atoms with Crippen LogP contribution >= 0.6 is 0 Å². The third kappa shape index (κ3) is 5.94. The summed E-state index contributed by atoms with van der Waals surface area (Å²) in [7, 11) is -3.64. The summed E-state index contributed by atoms with van der Waals surface area (Å²) in [5, 5.41) is 2.71. The zero-order valence-corrected chi connectivity index (χ0v) is 19.8. The molecule has 0 bridgehead atoms. The van der Waals surface area contributed by atoms with Gasteiger partial charge in [-0.2, -0.15) is 4.31 Å². The van der Waals surface area contributed by atoms with Gasteiger partial charge in [0.1, 0.15) is 0 Å². The van der Waals surface area contributed by atoms with Gasteiger partial charge in [0.25, 0.3) is 5.91 Å². The average molecular weight is 488 g/mol. The highest BCUT2D eigenvalue weighted by Crippen LogP contribution is 2.22. The smallest absolute Gasteiger partial charge is 0.338 e. The molecule has 0 aromatic heterocycles. The summed E-state index contributed by atoms with van der Waals surface area (Å²) in [5.74, 6) is -1.16. The first-order valence-corrected chi connectivity index (χ1v) is 12.9. The highest BCUT2D eigenvalue weighted by atomic mass is 32.2. The van der Waals surface area contributed by atoms with E-state index in [1.807, 2.05) is 24.3 Å². The minimum atomic E-state index is -3.64. The number of morpholine rings is 1. The standard InChI is InChI=1S/C24H29N3O6S/c28-23(25-20-6-8-21(9-7-20)26-12-2-1-3-13-26)18-33-24(29)19-4-10-22(11-5-19)34(30,31)27-14-16-32-17-15-27/h4-11H,1-3,12-18H2,(H,25,28). The fraction of sp³-hybridized carbons (Fsp3) is 0.417. The van der Waals surface area contributed by atoms with E-state index in [0.29, 0.717) is 32.0 Å². The Bertz CT molecular complexity index is 1090. The second kappa shape index (κ2) is 11.0. The van der Waals surface area contributed by atoms with E-state index in [4.69, 9.17) is 9.47 Å². The first-order chi connectivity index (χ1) is 16.4. The lowest BCUT2D eigenvalue weighted by molar-refractivity contribution is -0.119. The molecule has 0 saturated carbocycles. The van der Waals surface area contributed by atoms with Gasteiger partial charge >= 0.3 is 5.97 Å². The van der Waals surface area contributed by atoms with Crippen LogP contribution in [0.25, 0.3) is 0 Å². The monoisotopic (exact) mass is 487 g/mol. The number of esters is 1. The molecule has 0 spiro atoms. The van der Waals surface area contributed by atoms with Crippen molar-refractivity contribution >= 4 is 33.3 Å². The van der Waals surface area contributed by atoms with E-state index in [1.54, 1.807) is 0 Å². The quantitative estimate of drug-likeness (QED) is 0.598. The molecule has 2 aliphatic heterocycles. The SMILES string of the molecule is O=C(COC(=O)c1ccc(S(=O)(=O)N2CCOCC2)cc1)Nc1ccc(N2CCCCC2)cc1. The molecule has 2 fully saturated rings. The second-order valence-electron chi connectivity index (χ2n) is 8.26. The number of hydrogen-bond acceptors (Lipinski definition) is 7. The van der Waals surface area contributed by atoms with Gasteiger partial charge in [-0.25, -0.2) is 13.2 Å². The number of benzene rings is 2. The lowest BCUT2D eigenvalue weighted by Crippen LogP contribution is -2.40. The molecule has 2 aromatic rings. The van der Waals surface area contributed by atoms with Crippen LogP contribution in [-0.4, -0.2) is 70.6 Å². The fourth-order valence-electron chi connectivity index (χ4n) is 4.02. The Morgan fingerprint density at radius 1 is 0.882 bits per heavy atom. The maximum absolute atomic E-state index is 12.7. The van der Waals surface area contributed by atoms with Gasteiger partial charge in [0.2, 0.25) is 10.0 Å². The Kier molecular flexibility index (Phi) is 7.81. The van der Waals surface area contributed by atoms with E-state index < -0.39 is 28.5 Å². The second-order valence-corrected chi connectivity index (χ2v) is 10.2. The fourth-order valence-corrected chi connectivity index (χ4v) is 5.43. The Hall–Kier alpha value is -2.95. The number of nitrogens with zero attached hydrogens (tertiary/aromatic N) is 2. The summed E-state index contributed by atoms with van der Waals surface area (Å²) in [5.41, 5.74) is 1.92. The van der Waals surface area contributed by atoms with Gasteiger partial charge < -0.3 is 19.7 Å². The summed E-state index contributed by atoms with van der Waals surface area (Å²) in [6.07, 6.45) is 3.65. The average Bonchev–Trinajstić information content (AvgIpc) is 2.89. The maximum atomic E-state index is 12.7.